The molecule has 8 heteroatoms. The van der Waals surface area contributed by atoms with Crippen LogP contribution in [0.1, 0.15) is 41.9 Å². The highest BCUT2D eigenvalue weighted by atomic mass is 79.9. The van der Waals surface area contributed by atoms with Gasteiger partial charge in [0.2, 0.25) is 11.8 Å². The maximum Gasteiger partial charge on any atom is 0.242 e. The molecule has 3 aromatic carbocycles. The van der Waals surface area contributed by atoms with Gasteiger partial charge in [0.05, 0.1) is 14.9 Å². The van der Waals surface area contributed by atoms with Crippen LogP contribution in [0.15, 0.2) is 81.7 Å². The second-order valence-electron chi connectivity index (χ2n) is 8.23. The highest BCUT2D eigenvalue weighted by molar-refractivity contribution is 9.11. The normalized spacial score (nSPS) is 11.8. The SMILES string of the molecule is NCCCCC(NC(=O)C(c1ccccc1)c1ccccc1)C(=O)NCc1cc(Br)c(O)c(Br)c1. The number of rotatable bonds is 11. The van der Waals surface area contributed by atoms with Crippen molar-refractivity contribution in [2.24, 2.45) is 5.73 Å². The van der Waals surface area contributed by atoms with Gasteiger partial charge in [-0.05, 0) is 86.5 Å². The summed E-state index contributed by atoms with van der Waals surface area (Å²) in [6.07, 6.45) is 1.96. The summed E-state index contributed by atoms with van der Waals surface area (Å²) in [4.78, 5) is 26.7. The maximum absolute atomic E-state index is 13.5. The number of carbonyl (C=O) groups is 2. The minimum atomic E-state index is -0.701. The summed E-state index contributed by atoms with van der Waals surface area (Å²) in [5, 5.41) is 15.8. The molecule has 0 radical (unpaired) electrons. The number of aromatic hydroxyl groups is 1. The zero-order valence-electron chi connectivity index (χ0n) is 19.2. The lowest BCUT2D eigenvalue weighted by Gasteiger charge is -2.23. The van der Waals surface area contributed by atoms with E-state index < -0.39 is 12.0 Å². The molecule has 1 unspecified atom stereocenters. The fraction of sp³-hybridized carbons (Fsp3) is 0.259. The number of unbranched alkanes of at least 4 members (excludes halogenated alkanes) is 1. The average Bonchev–Trinajstić information content (AvgIpc) is 2.86. The topological polar surface area (TPSA) is 104 Å². The Morgan fingerprint density at radius 2 is 1.40 bits per heavy atom. The van der Waals surface area contributed by atoms with Gasteiger partial charge in [-0.3, -0.25) is 9.59 Å². The Balaban J connectivity index is 1.77. The van der Waals surface area contributed by atoms with E-state index in [1.807, 2.05) is 60.7 Å². The molecule has 0 aromatic heterocycles. The third kappa shape index (κ3) is 7.65. The van der Waals surface area contributed by atoms with Gasteiger partial charge >= 0.3 is 0 Å². The van der Waals surface area contributed by atoms with Crippen molar-refractivity contribution in [3.8, 4) is 5.75 Å². The summed E-state index contributed by atoms with van der Waals surface area (Å²) in [6.45, 7) is 0.773. The third-order valence-corrected chi connectivity index (χ3v) is 6.86. The van der Waals surface area contributed by atoms with Gasteiger partial charge in [-0.1, -0.05) is 60.7 Å². The number of halogens is 2. The molecule has 6 nitrogen and oxygen atoms in total. The number of nitrogens with one attached hydrogen (secondary N) is 2. The van der Waals surface area contributed by atoms with Gasteiger partial charge in [-0.2, -0.15) is 0 Å². The van der Waals surface area contributed by atoms with Crippen molar-refractivity contribution >= 4 is 43.7 Å². The molecule has 5 N–H and O–H groups in total. The van der Waals surface area contributed by atoms with E-state index in [4.69, 9.17) is 5.73 Å². The van der Waals surface area contributed by atoms with E-state index in [1.165, 1.54) is 0 Å². The van der Waals surface area contributed by atoms with Crippen LogP contribution >= 0.6 is 31.9 Å². The zero-order valence-corrected chi connectivity index (χ0v) is 22.4. The molecule has 0 saturated heterocycles. The first-order valence-electron chi connectivity index (χ1n) is 11.5. The predicted octanol–water partition coefficient (Wildman–Crippen LogP) is 4.98. The van der Waals surface area contributed by atoms with Crippen LogP contribution in [0.2, 0.25) is 0 Å². The van der Waals surface area contributed by atoms with Gasteiger partial charge in [-0.25, -0.2) is 0 Å². The smallest absolute Gasteiger partial charge is 0.242 e. The summed E-state index contributed by atoms with van der Waals surface area (Å²) >= 11 is 6.61. The molecule has 3 aromatic rings. The molecule has 0 saturated carbocycles. The molecule has 1 atom stereocenters. The predicted molar refractivity (Wildman–Crippen MR) is 145 cm³/mol. The molecule has 2 amide bonds. The molecule has 0 aliphatic rings. The maximum atomic E-state index is 13.5. The van der Waals surface area contributed by atoms with E-state index in [-0.39, 0.29) is 24.1 Å². The van der Waals surface area contributed by atoms with E-state index in [2.05, 4.69) is 42.5 Å². The molecule has 184 valence electrons. The standard InChI is InChI=1S/C27H29Br2N3O3/c28-21-15-18(16-22(29)25(21)33)17-31-26(34)23(13-7-8-14-30)32-27(35)24(19-9-3-1-4-10-19)20-11-5-2-6-12-20/h1-6,9-12,15-16,23-24,33H,7-8,13-14,17,30H2,(H,31,34)(H,32,35). The van der Waals surface area contributed by atoms with Crippen LogP contribution in [-0.2, 0) is 16.1 Å². The van der Waals surface area contributed by atoms with Gasteiger partial charge in [0.1, 0.15) is 11.8 Å². The fourth-order valence-electron chi connectivity index (χ4n) is 3.84. The molecule has 35 heavy (non-hydrogen) atoms. The number of hydrogen-bond donors (Lipinski definition) is 4. The summed E-state index contributed by atoms with van der Waals surface area (Å²) < 4.78 is 1.05. The first kappa shape index (κ1) is 26.9. The second-order valence-corrected chi connectivity index (χ2v) is 9.93. The largest absolute Gasteiger partial charge is 0.506 e. The molecule has 0 spiro atoms. The van der Waals surface area contributed by atoms with Crippen LogP contribution in [0.3, 0.4) is 0 Å². The first-order chi connectivity index (χ1) is 16.9. The first-order valence-corrected chi connectivity index (χ1v) is 13.0. The molecule has 0 bridgehead atoms. The van der Waals surface area contributed by atoms with E-state index in [0.29, 0.717) is 28.3 Å². The average molecular weight is 603 g/mol. The number of phenolic OH excluding ortho intramolecular Hbond substituents is 1. The molecule has 0 aliphatic heterocycles. The Morgan fingerprint density at radius 1 is 0.857 bits per heavy atom. The third-order valence-electron chi connectivity index (χ3n) is 5.65. The monoisotopic (exact) mass is 601 g/mol. The van der Waals surface area contributed by atoms with E-state index in [0.717, 1.165) is 23.1 Å². The lowest BCUT2D eigenvalue weighted by molar-refractivity contribution is -0.129. The van der Waals surface area contributed by atoms with Crippen molar-refractivity contribution in [2.45, 2.75) is 37.8 Å². The summed E-state index contributed by atoms with van der Waals surface area (Å²) in [5.74, 6) is -0.938. The molecule has 0 heterocycles. The quantitative estimate of drug-likeness (QED) is 0.232. The number of benzene rings is 3. The molecular weight excluding hydrogens is 574 g/mol. The highest BCUT2D eigenvalue weighted by Crippen LogP contribution is 2.33. The summed E-state index contributed by atoms with van der Waals surface area (Å²) in [5.41, 5.74) is 8.16. The van der Waals surface area contributed by atoms with Gasteiger partial charge in [0, 0.05) is 6.54 Å². The van der Waals surface area contributed by atoms with Crippen LogP contribution in [0.25, 0.3) is 0 Å². The minimum absolute atomic E-state index is 0.0971. The van der Waals surface area contributed by atoms with Gasteiger partial charge in [0.15, 0.2) is 0 Å². The number of carbonyl (C=O) groups excluding carboxylic acids is 2. The Hall–Kier alpha value is -2.68. The van der Waals surface area contributed by atoms with Crippen LogP contribution < -0.4 is 16.4 Å². The van der Waals surface area contributed by atoms with Gasteiger partial charge in [-0.15, -0.1) is 0 Å². The van der Waals surface area contributed by atoms with E-state index in [9.17, 15) is 14.7 Å². The number of hydrogen-bond acceptors (Lipinski definition) is 4. The number of amides is 2. The van der Waals surface area contributed by atoms with Crippen molar-refractivity contribution in [3.63, 3.8) is 0 Å². The molecule has 0 fully saturated rings. The number of phenols is 1. The Labute approximate surface area is 222 Å². The van der Waals surface area contributed by atoms with E-state index in [1.54, 1.807) is 12.1 Å². The van der Waals surface area contributed by atoms with Crippen molar-refractivity contribution < 1.29 is 14.7 Å². The second kappa shape index (κ2) is 13.4. The van der Waals surface area contributed by atoms with Crippen LogP contribution in [0, 0.1) is 0 Å². The summed E-state index contributed by atoms with van der Waals surface area (Å²) in [7, 11) is 0. The van der Waals surface area contributed by atoms with Crippen LogP contribution in [-0.4, -0.2) is 29.5 Å². The Bertz CT molecular complexity index is 1060. The molecule has 0 aliphatic carbocycles. The van der Waals surface area contributed by atoms with Gasteiger partial charge < -0.3 is 21.5 Å². The Kier molecular flexibility index (Phi) is 10.3. The van der Waals surface area contributed by atoms with Gasteiger partial charge in [0.25, 0.3) is 0 Å². The zero-order chi connectivity index (χ0) is 25.2. The van der Waals surface area contributed by atoms with Crippen molar-refractivity contribution in [1.29, 1.82) is 0 Å². The van der Waals surface area contributed by atoms with Crippen molar-refractivity contribution in [1.82, 2.24) is 10.6 Å². The lowest BCUT2D eigenvalue weighted by atomic mass is 9.90. The van der Waals surface area contributed by atoms with Crippen molar-refractivity contribution in [3.05, 3.63) is 98.4 Å². The fourth-order valence-corrected chi connectivity index (χ4v) is 5.12. The molecule has 3 rings (SSSR count). The highest BCUT2D eigenvalue weighted by Gasteiger charge is 2.27. The summed E-state index contributed by atoms with van der Waals surface area (Å²) in [6, 6.07) is 21.9. The Morgan fingerprint density at radius 3 is 1.91 bits per heavy atom. The van der Waals surface area contributed by atoms with Crippen LogP contribution in [0.4, 0.5) is 0 Å². The van der Waals surface area contributed by atoms with E-state index >= 15 is 0 Å². The van der Waals surface area contributed by atoms with Crippen LogP contribution in [0.5, 0.6) is 5.75 Å². The molecular formula is C27H29Br2N3O3. The number of nitrogens with two attached hydrogens (primary N) is 1. The minimum Gasteiger partial charge on any atom is -0.506 e. The lowest BCUT2D eigenvalue weighted by Crippen LogP contribution is -2.48. The van der Waals surface area contributed by atoms with Crippen molar-refractivity contribution in [2.75, 3.05) is 6.54 Å².